The van der Waals surface area contributed by atoms with Gasteiger partial charge in [-0.15, -0.1) is 0 Å². The predicted molar refractivity (Wildman–Crippen MR) is 181 cm³/mol. The highest BCUT2D eigenvalue weighted by Crippen LogP contribution is 2.47. The van der Waals surface area contributed by atoms with Gasteiger partial charge in [0.1, 0.15) is 6.54 Å². The fraction of sp³-hybridized carbons (Fsp3) is 0.250. The number of hydrogen-bond acceptors (Lipinski definition) is 7. The van der Waals surface area contributed by atoms with Crippen molar-refractivity contribution in [3.8, 4) is 0 Å². The number of hydrazone groups is 1. The minimum absolute atomic E-state index is 0.164. The van der Waals surface area contributed by atoms with E-state index in [0.29, 0.717) is 35.8 Å². The number of carbonyl (C=O) groups excluding carboxylic acids is 3. The smallest absolute Gasteiger partial charge is 0.264 e. The molecule has 9 nitrogen and oxygen atoms in total. The molecule has 0 spiro atoms. The number of hydrogen-bond donors (Lipinski definition) is 0. The van der Waals surface area contributed by atoms with Gasteiger partial charge in [0.15, 0.2) is 12.1 Å². The van der Waals surface area contributed by atoms with Crippen molar-refractivity contribution in [2.45, 2.75) is 37.4 Å². The van der Waals surface area contributed by atoms with Gasteiger partial charge in [-0.25, -0.2) is 9.91 Å². The lowest BCUT2D eigenvalue weighted by Crippen LogP contribution is -2.45. The summed E-state index contributed by atoms with van der Waals surface area (Å²) in [5.41, 5.74) is 3.61. The monoisotopic (exact) mass is 758 g/mol. The van der Waals surface area contributed by atoms with Gasteiger partial charge in [0.25, 0.3) is 17.7 Å². The van der Waals surface area contributed by atoms with Gasteiger partial charge in [-0.05, 0) is 84.5 Å². The molecule has 3 aromatic rings. The molecule has 4 atom stereocenters. The number of rotatable bonds is 5. The van der Waals surface area contributed by atoms with E-state index in [9.17, 15) is 14.4 Å². The molecule has 0 aromatic heterocycles. The zero-order valence-corrected chi connectivity index (χ0v) is 28.4. The van der Waals surface area contributed by atoms with Crippen LogP contribution in [0.2, 0.25) is 20.1 Å². The molecule has 3 aliphatic heterocycles. The van der Waals surface area contributed by atoms with Gasteiger partial charge in [-0.2, -0.15) is 10.2 Å². The van der Waals surface area contributed by atoms with Crippen LogP contribution in [0.5, 0.6) is 0 Å². The Kier molecular flexibility index (Phi) is 8.44. The largest absolute Gasteiger partial charge is 0.271 e. The number of allylic oxidation sites excluding steroid dienone is 1. The Labute approximate surface area is 292 Å². The third-order valence-corrected chi connectivity index (χ3v) is 10.2. The van der Waals surface area contributed by atoms with Crippen LogP contribution in [-0.4, -0.2) is 52.1 Å². The summed E-state index contributed by atoms with van der Waals surface area (Å²) in [6, 6.07) is 14.7. The summed E-state index contributed by atoms with van der Waals surface area (Å²) in [7, 11) is 0. The molecule has 0 N–H and O–H groups in total. The van der Waals surface area contributed by atoms with Crippen LogP contribution in [0.1, 0.15) is 36.4 Å². The maximum absolute atomic E-state index is 14.2. The molecule has 4 aliphatic rings. The Morgan fingerprint density at radius 3 is 2.43 bits per heavy atom. The lowest BCUT2D eigenvalue weighted by atomic mass is 9.77. The number of carbonyl (C=O) groups is 3. The van der Waals surface area contributed by atoms with Gasteiger partial charge < -0.3 is 0 Å². The number of anilines is 1. The van der Waals surface area contributed by atoms with Crippen LogP contribution in [0.25, 0.3) is 6.08 Å². The van der Waals surface area contributed by atoms with Gasteiger partial charge in [0, 0.05) is 30.5 Å². The number of nitrogens with zero attached hydrogens (tertiary/aromatic N) is 6. The average Bonchev–Trinajstić information content (AvgIpc) is 3.68. The molecular weight excluding hydrogens is 738 g/mol. The molecule has 4 unspecified atom stereocenters. The molecule has 0 bridgehead atoms. The maximum atomic E-state index is 14.2. The third kappa shape index (κ3) is 5.54. The van der Waals surface area contributed by atoms with Crippen molar-refractivity contribution in [1.29, 1.82) is 0 Å². The molecular formula is C32H23BrCl4N6O3. The van der Waals surface area contributed by atoms with E-state index >= 15 is 0 Å². The number of halogens is 5. The molecule has 2 fully saturated rings. The summed E-state index contributed by atoms with van der Waals surface area (Å²) in [6.07, 6.45) is 4.34. The Bertz CT molecular complexity index is 1900. The van der Waals surface area contributed by atoms with E-state index in [4.69, 9.17) is 51.5 Å². The quantitative estimate of drug-likeness (QED) is 0.245. The van der Waals surface area contributed by atoms with Crippen molar-refractivity contribution in [1.82, 2.24) is 10.0 Å². The predicted octanol–water partition coefficient (Wildman–Crippen LogP) is 8.18. The summed E-state index contributed by atoms with van der Waals surface area (Å²) in [6.45, 7) is -0.330. The van der Waals surface area contributed by atoms with Crippen molar-refractivity contribution in [3.63, 3.8) is 0 Å². The maximum Gasteiger partial charge on any atom is 0.264 e. The van der Waals surface area contributed by atoms with Crippen LogP contribution in [0, 0.1) is 5.92 Å². The number of fused-ring (bicyclic) bond motifs is 2. The second-order valence-electron chi connectivity index (χ2n) is 11.4. The zero-order chi connectivity index (χ0) is 32.3. The number of amides is 3. The third-order valence-electron chi connectivity index (χ3n) is 8.55. The topological polar surface area (TPSA) is 98.0 Å². The summed E-state index contributed by atoms with van der Waals surface area (Å²) < 4.78 is 0.713. The SMILES string of the molecule is O=C1C2N=NN(CC(=O)N3N=C4/C(=C/c5ccc(Cl)cc5Cl)CCCC4C3c3ccc(Cl)cc3Cl)C2C(=O)N1c1cccc(Br)c1. The molecule has 3 heterocycles. The van der Waals surface area contributed by atoms with Crippen LogP contribution < -0.4 is 4.90 Å². The standard InChI is InChI=1S/C32H23BrCl4N6O3/c33-18-4-2-5-21(12-18)42-31(45)28-30(32(42)46)41(40-38-28)15-26(44)43-29(22-10-9-20(35)14-25(22)37)23-6-1-3-17(27(23)39-43)11-16-7-8-19(34)13-24(16)36/h2,4-5,7-14,23,28-30H,1,3,6,15H2/b17-11+. The molecule has 7 rings (SSSR count). The van der Waals surface area contributed by atoms with Gasteiger partial charge in [0.2, 0.25) is 0 Å². The summed E-state index contributed by atoms with van der Waals surface area (Å²) in [5.74, 6) is -1.60. The van der Waals surface area contributed by atoms with E-state index in [1.54, 1.807) is 48.5 Å². The van der Waals surface area contributed by atoms with Crippen LogP contribution in [0.4, 0.5) is 5.69 Å². The summed E-state index contributed by atoms with van der Waals surface area (Å²) >= 11 is 29.0. The Hall–Kier alpha value is -3.28. The average molecular weight is 761 g/mol. The van der Waals surface area contributed by atoms with Crippen LogP contribution in [0.3, 0.4) is 0 Å². The van der Waals surface area contributed by atoms with E-state index in [1.807, 2.05) is 18.2 Å². The van der Waals surface area contributed by atoms with Crippen molar-refractivity contribution in [3.05, 3.63) is 102 Å². The highest BCUT2D eigenvalue weighted by atomic mass is 79.9. The first kappa shape index (κ1) is 31.3. The van der Waals surface area contributed by atoms with E-state index in [1.165, 1.54) is 10.0 Å². The summed E-state index contributed by atoms with van der Waals surface area (Å²) in [5, 5.41) is 17.7. The fourth-order valence-electron chi connectivity index (χ4n) is 6.50. The summed E-state index contributed by atoms with van der Waals surface area (Å²) in [4.78, 5) is 42.1. The lowest BCUT2D eigenvalue weighted by molar-refractivity contribution is -0.136. The number of imide groups is 1. The van der Waals surface area contributed by atoms with Crippen LogP contribution in [-0.2, 0) is 14.4 Å². The first-order valence-corrected chi connectivity index (χ1v) is 16.7. The molecule has 234 valence electrons. The van der Waals surface area contributed by atoms with Crippen molar-refractivity contribution in [2.24, 2.45) is 21.4 Å². The van der Waals surface area contributed by atoms with Gasteiger partial charge in [-0.3, -0.25) is 19.4 Å². The highest BCUT2D eigenvalue weighted by Gasteiger charge is 2.55. The van der Waals surface area contributed by atoms with E-state index in [2.05, 4.69) is 26.3 Å². The molecule has 14 heteroatoms. The first-order chi connectivity index (χ1) is 22.1. The molecule has 0 radical (unpaired) electrons. The highest BCUT2D eigenvalue weighted by molar-refractivity contribution is 9.10. The van der Waals surface area contributed by atoms with E-state index in [0.717, 1.165) is 41.0 Å². The normalized spacial score (nSPS) is 24.6. The molecule has 1 saturated heterocycles. The van der Waals surface area contributed by atoms with Gasteiger partial charge in [-0.1, -0.05) is 85.8 Å². The number of benzene rings is 3. The Morgan fingerprint density at radius 1 is 0.935 bits per heavy atom. The lowest BCUT2D eigenvalue weighted by Gasteiger charge is -2.31. The van der Waals surface area contributed by atoms with Crippen molar-refractivity contribution < 1.29 is 14.4 Å². The molecule has 3 aromatic carbocycles. The van der Waals surface area contributed by atoms with Crippen molar-refractivity contribution in [2.75, 3.05) is 11.4 Å². The van der Waals surface area contributed by atoms with Gasteiger partial charge in [0.05, 0.1) is 17.4 Å². The van der Waals surface area contributed by atoms with E-state index < -0.39 is 35.8 Å². The minimum atomic E-state index is -1.05. The van der Waals surface area contributed by atoms with Crippen molar-refractivity contribution >= 4 is 97.5 Å². The first-order valence-electron chi connectivity index (χ1n) is 14.4. The van der Waals surface area contributed by atoms with Crippen LogP contribution >= 0.6 is 62.3 Å². The molecule has 1 aliphatic carbocycles. The fourth-order valence-corrected chi connectivity index (χ4v) is 7.87. The molecule has 1 saturated carbocycles. The Morgan fingerprint density at radius 2 is 1.70 bits per heavy atom. The zero-order valence-electron chi connectivity index (χ0n) is 23.8. The van der Waals surface area contributed by atoms with Crippen LogP contribution in [0.15, 0.2) is 86.1 Å². The molecule has 3 amide bonds. The van der Waals surface area contributed by atoms with E-state index in [-0.39, 0.29) is 12.5 Å². The second-order valence-corrected chi connectivity index (χ2v) is 14.0. The molecule has 46 heavy (non-hydrogen) atoms. The Balaban J connectivity index is 1.21. The second kappa shape index (κ2) is 12.4. The minimum Gasteiger partial charge on any atom is -0.271 e. The van der Waals surface area contributed by atoms with Gasteiger partial charge >= 0.3 is 0 Å².